The molecule has 1 saturated heterocycles. The van der Waals surface area contributed by atoms with E-state index < -0.39 is 72.1 Å². The van der Waals surface area contributed by atoms with E-state index in [4.69, 9.17) is 14.2 Å². The topological polar surface area (TPSA) is 112 Å². The number of amides is 2. The van der Waals surface area contributed by atoms with E-state index in [1.165, 1.54) is 17.0 Å². The molecule has 0 aromatic heterocycles. The van der Waals surface area contributed by atoms with Crippen LogP contribution in [0.4, 0.5) is 22.8 Å². The molecule has 1 aliphatic heterocycles. The van der Waals surface area contributed by atoms with Crippen molar-refractivity contribution >= 4 is 23.5 Å². The van der Waals surface area contributed by atoms with Crippen LogP contribution in [-0.4, -0.2) is 98.1 Å². The van der Waals surface area contributed by atoms with Crippen LogP contribution in [0, 0.1) is 5.82 Å². The van der Waals surface area contributed by atoms with Gasteiger partial charge in [-0.15, -0.1) is 0 Å². The van der Waals surface area contributed by atoms with Gasteiger partial charge >= 0.3 is 12.2 Å². The zero-order chi connectivity index (χ0) is 33.7. The summed E-state index contributed by atoms with van der Waals surface area (Å²) in [4.78, 5) is 27.7. The maximum atomic E-state index is 16.2. The molecule has 250 valence electrons. The molecule has 0 radical (unpaired) electrons. The minimum atomic E-state index is -3.15. The lowest BCUT2D eigenvalue weighted by Crippen LogP contribution is -2.51. The summed E-state index contributed by atoms with van der Waals surface area (Å²) in [5, 5.41) is 0. The van der Waals surface area contributed by atoms with Gasteiger partial charge in [-0.3, -0.25) is 4.21 Å². The number of rotatable bonds is 10. The summed E-state index contributed by atoms with van der Waals surface area (Å²) >= 11 is -3.15. The fourth-order valence-corrected chi connectivity index (χ4v) is 5.47. The Labute approximate surface area is 264 Å². The average molecular weight is 657 g/mol. The van der Waals surface area contributed by atoms with Crippen LogP contribution in [0.3, 0.4) is 0 Å². The molecule has 0 N–H and O–H groups in total. The molecule has 2 aromatic carbocycles. The van der Waals surface area contributed by atoms with E-state index in [9.17, 15) is 22.7 Å². The van der Waals surface area contributed by atoms with Crippen molar-refractivity contribution in [3.05, 3.63) is 53.8 Å². The minimum absolute atomic E-state index is 0.0418. The van der Waals surface area contributed by atoms with Crippen molar-refractivity contribution in [2.24, 2.45) is 0 Å². The highest BCUT2D eigenvalue weighted by Gasteiger charge is 2.49. The highest BCUT2D eigenvalue weighted by Crippen LogP contribution is 2.36. The minimum Gasteiger partial charge on any atom is -0.760 e. The molecule has 1 aliphatic rings. The number of likely N-dealkylation sites (N-methyl/N-ethyl adjacent to an activating group) is 1. The lowest BCUT2D eigenvalue weighted by molar-refractivity contribution is 0.0194. The Morgan fingerprint density at radius 2 is 1.64 bits per heavy atom. The van der Waals surface area contributed by atoms with E-state index in [1.807, 2.05) is 0 Å². The first-order chi connectivity index (χ1) is 20.9. The fourth-order valence-electron chi connectivity index (χ4n) is 4.92. The van der Waals surface area contributed by atoms with Crippen LogP contribution in [0.1, 0.15) is 47.1 Å². The molecule has 45 heavy (non-hydrogen) atoms. The Balaban J connectivity index is 1.90. The van der Waals surface area contributed by atoms with E-state index in [-0.39, 0.29) is 35.0 Å². The second-order valence-corrected chi connectivity index (χ2v) is 13.6. The van der Waals surface area contributed by atoms with Gasteiger partial charge in [0.2, 0.25) is 0 Å². The summed E-state index contributed by atoms with van der Waals surface area (Å²) in [6, 6.07) is 8.31. The molecule has 3 rings (SSSR count). The van der Waals surface area contributed by atoms with Crippen LogP contribution >= 0.6 is 0 Å². The summed E-state index contributed by atoms with van der Waals surface area (Å²) in [5.41, 5.74) is -1.05. The predicted octanol–water partition coefficient (Wildman–Crippen LogP) is 5.63. The van der Waals surface area contributed by atoms with Crippen molar-refractivity contribution in [2.45, 2.75) is 77.4 Å². The maximum Gasteiger partial charge on any atom is 0.410 e. The lowest BCUT2D eigenvalue weighted by atomic mass is 9.95. The molecule has 2 amide bonds. The SMILES string of the molecule is CN(CCOc1ccccc1-c1cccc(CC2C(N(CF)S(=O)[O-])C(F)CN2C(=O)OC(C)(C)C)c1F)C(=O)OC(C)(C)C. The van der Waals surface area contributed by atoms with Crippen LogP contribution in [-0.2, 0) is 27.2 Å². The third-order valence-electron chi connectivity index (χ3n) is 6.88. The Morgan fingerprint density at radius 1 is 1.02 bits per heavy atom. The number of para-hydroxylation sites is 1. The number of halogens is 3. The molecule has 1 fully saturated rings. The standard InChI is InChI=1S/C31H42F3N3O7S/c1-30(2,3)43-28(38)35(7)15-16-42-25-14-9-8-12-21(25)22-13-10-11-20(26(22)34)17-24-27(37(19-32)45(40)41)23(33)18-36(24)29(39)44-31(4,5)6/h8-14,23-24,27H,15-19H2,1-7H3,(H,40,41)/p-1. The quantitative estimate of drug-likeness (QED) is 0.241. The molecule has 4 atom stereocenters. The number of likely N-dealkylation sites (tertiary alicyclic amines) is 1. The van der Waals surface area contributed by atoms with Crippen molar-refractivity contribution in [1.29, 1.82) is 0 Å². The van der Waals surface area contributed by atoms with Crippen molar-refractivity contribution in [1.82, 2.24) is 14.1 Å². The molecule has 0 spiro atoms. The van der Waals surface area contributed by atoms with Gasteiger partial charge < -0.3 is 28.6 Å². The van der Waals surface area contributed by atoms with Crippen molar-refractivity contribution < 1.29 is 45.7 Å². The van der Waals surface area contributed by atoms with Gasteiger partial charge in [-0.1, -0.05) is 36.4 Å². The van der Waals surface area contributed by atoms with Gasteiger partial charge in [-0.05, 0) is 59.6 Å². The summed E-state index contributed by atoms with van der Waals surface area (Å²) in [7, 11) is 1.57. The number of carbonyl (C=O) groups is 2. The number of alkyl halides is 2. The predicted molar refractivity (Wildman–Crippen MR) is 162 cm³/mol. The number of hydrogen-bond acceptors (Lipinski definition) is 7. The van der Waals surface area contributed by atoms with Crippen LogP contribution < -0.4 is 4.74 Å². The van der Waals surface area contributed by atoms with Crippen LogP contribution in [0.25, 0.3) is 11.1 Å². The molecule has 10 nitrogen and oxygen atoms in total. The second kappa shape index (κ2) is 14.8. The lowest BCUT2D eigenvalue weighted by Gasteiger charge is -2.35. The maximum absolute atomic E-state index is 16.2. The Bertz CT molecular complexity index is 1370. The van der Waals surface area contributed by atoms with E-state index in [1.54, 1.807) is 78.9 Å². The molecule has 4 unspecified atom stereocenters. The van der Waals surface area contributed by atoms with E-state index in [0.717, 1.165) is 4.90 Å². The highest BCUT2D eigenvalue weighted by molar-refractivity contribution is 7.76. The van der Waals surface area contributed by atoms with Gasteiger partial charge in [0.1, 0.15) is 35.5 Å². The molecule has 14 heteroatoms. The van der Waals surface area contributed by atoms with Crippen LogP contribution in [0.5, 0.6) is 5.75 Å². The van der Waals surface area contributed by atoms with Gasteiger partial charge in [0, 0.05) is 29.4 Å². The summed E-state index contributed by atoms with van der Waals surface area (Å²) in [5.74, 6) is -0.380. The first kappa shape index (κ1) is 36.1. The summed E-state index contributed by atoms with van der Waals surface area (Å²) in [6.07, 6.45) is -3.73. The number of ether oxygens (including phenoxy) is 3. The Kier molecular flexibility index (Phi) is 11.9. The molecule has 1 heterocycles. The first-order valence-corrected chi connectivity index (χ1v) is 15.5. The molecule has 2 aromatic rings. The Hall–Kier alpha value is -3.36. The summed E-state index contributed by atoms with van der Waals surface area (Å²) < 4.78 is 85.9. The molecule has 0 saturated carbocycles. The zero-order valence-electron chi connectivity index (χ0n) is 26.6. The highest BCUT2D eigenvalue weighted by atomic mass is 32.2. The van der Waals surface area contributed by atoms with Gasteiger partial charge in [0.15, 0.2) is 6.80 Å². The number of benzene rings is 2. The molecule has 0 bridgehead atoms. The normalized spacial score (nSPS) is 19.4. The van der Waals surface area contributed by atoms with Crippen molar-refractivity contribution in [3.63, 3.8) is 0 Å². The molecular weight excluding hydrogens is 615 g/mol. The zero-order valence-corrected chi connectivity index (χ0v) is 27.4. The van der Waals surface area contributed by atoms with Gasteiger partial charge in [0.25, 0.3) is 0 Å². The largest absolute Gasteiger partial charge is 0.760 e. The van der Waals surface area contributed by atoms with Gasteiger partial charge in [-0.2, -0.15) is 4.31 Å². The van der Waals surface area contributed by atoms with Gasteiger partial charge in [0.05, 0.1) is 25.2 Å². The van der Waals surface area contributed by atoms with Crippen LogP contribution in [0.2, 0.25) is 0 Å². The van der Waals surface area contributed by atoms with Gasteiger partial charge in [-0.25, -0.2) is 22.8 Å². The Morgan fingerprint density at radius 3 is 2.24 bits per heavy atom. The number of hydrogen-bond donors (Lipinski definition) is 0. The molecule has 0 aliphatic carbocycles. The second-order valence-electron chi connectivity index (χ2n) is 12.7. The van der Waals surface area contributed by atoms with Crippen LogP contribution in [0.15, 0.2) is 42.5 Å². The van der Waals surface area contributed by atoms with E-state index in [0.29, 0.717) is 11.3 Å². The third-order valence-corrected chi connectivity index (χ3v) is 7.60. The van der Waals surface area contributed by atoms with Crippen molar-refractivity contribution in [2.75, 3.05) is 33.5 Å². The number of carbonyl (C=O) groups excluding carboxylic acids is 2. The molecular formula is C31H41F3N3O7S-. The summed E-state index contributed by atoms with van der Waals surface area (Å²) in [6.45, 7) is 8.27. The monoisotopic (exact) mass is 656 g/mol. The van der Waals surface area contributed by atoms with Crippen molar-refractivity contribution in [3.8, 4) is 16.9 Å². The fraction of sp³-hybridized carbons (Fsp3) is 0.548. The average Bonchev–Trinajstić information content (AvgIpc) is 3.24. The van der Waals surface area contributed by atoms with E-state index in [2.05, 4.69) is 0 Å². The third kappa shape index (κ3) is 9.57. The smallest absolute Gasteiger partial charge is 0.410 e. The van der Waals surface area contributed by atoms with E-state index >= 15 is 8.78 Å². The number of nitrogens with zero attached hydrogens (tertiary/aromatic N) is 3. The first-order valence-electron chi connectivity index (χ1n) is 14.4.